The number of pyridine rings is 1. The maximum Gasteiger partial charge on any atom is 0.259 e. The number of piperidine rings is 1. The first kappa shape index (κ1) is 22.1. The predicted molar refractivity (Wildman–Crippen MR) is 121 cm³/mol. The third-order valence-corrected chi connectivity index (χ3v) is 6.93. The van der Waals surface area contributed by atoms with Crippen molar-refractivity contribution in [1.82, 2.24) is 14.8 Å². The van der Waals surface area contributed by atoms with E-state index >= 15 is 0 Å². The molecule has 0 radical (unpaired) electrons. The summed E-state index contributed by atoms with van der Waals surface area (Å²) in [4.78, 5) is 34.0. The summed E-state index contributed by atoms with van der Waals surface area (Å²) in [5, 5.41) is 0. The number of amides is 2. The molecule has 170 valence electrons. The highest BCUT2D eigenvalue weighted by molar-refractivity contribution is 5.96. The smallest absolute Gasteiger partial charge is 0.259 e. The first-order valence-electron chi connectivity index (χ1n) is 11.2. The number of hydrogen-bond acceptors (Lipinski definition) is 5. The van der Waals surface area contributed by atoms with Crippen molar-refractivity contribution in [1.29, 1.82) is 0 Å². The van der Waals surface area contributed by atoms with E-state index in [0.29, 0.717) is 37.5 Å². The second kappa shape index (κ2) is 9.59. The van der Waals surface area contributed by atoms with E-state index in [-0.39, 0.29) is 23.1 Å². The normalized spacial score (nSPS) is 18.4. The topological polar surface area (TPSA) is 72.0 Å². The Bertz CT molecular complexity index is 955. The van der Waals surface area contributed by atoms with E-state index in [4.69, 9.17) is 9.47 Å². The maximum atomic E-state index is 13.1. The van der Waals surface area contributed by atoms with Gasteiger partial charge in [0.2, 0.25) is 17.7 Å². The van der Waals surface area contributed by atoms with Crippen molar-refractivity contribution in [2.75, 3.05) is 33.9 Å². The molecule has 4 rings (SSSR count). The third-order valence-electron chi connectivity index (χ3n) is 6.93. The number of rotatable bonds is 5. The summed E-state index contributed by atoms with van der Waals surface area (Å²) in [7, 11) is 3.04. The van der Waals surface area contributed by atoms with Crippen LogP contribution in [0.5, 0.6) is 11.8 Å². The highest BCUT2D eigenvalue weighted by Crippen LogP contribution is 2.42. The van der Waals surface area contributed by atoms with Gasteiger partial charge in [-0.25, -0.2) is 0 Å². The molecular weight excluding hydrogens is 406 g/mol. The molecule has 1 spiro atoms. The number of ether oxygens (including phenoxy) is 2. The Morgan fingerprint density at radius 3 is 2.38 bits per heavy atom. The number of methoxy groups -OCH3 is 2. The minimum absolute atomic E-state index is 0.0674. The summed E-state index contributed by atoms with van der Waals surface area (Å²) in [6.07, 6.45) is 4.29. The van der Waals surface area contributed by atoms with E-state index in [1.54, 1.807) is 12.1 Å². The molecule has 0 atom stereocenters. The maximum absolute atomic E-state index is 13.1. The molecular formula is C25H31N3O4. The van der Waals surface area contributed by atoms with Gasteiger partial charge in [-0.05, 0) is 42.7 Å². The van der Waals surface area contributed by atoms with Gasteiger partial charge in [0, 0.05) is 38.7 Å². The molecule has 0 unspecified atom stereocenters. The average Bonchev–Trinajstić information content (AvgIpc) is 2.99. The zero-order valence-electron chi connectivity index (χ0n) is 18.9. The standard InChI is InChI=1S/C25H31N3O4/c1-31-21-9-8-20(23(26-21)32-2)24(30)27-15-12-25(13-16-27)11-10-22(29)28(17-14-25)18-19-6-4-3-5-7-19/h3-9H,10-18H2,1-2H3. The summed E-state index contributed by atoms with van der Waals surface area (Å²) in [5.41, 5.74) is 1.74. The lowest BCUT2D eigenvalue weighted by molar-refractivity contribution is -0.131. The fourth-order valence-electron chi connectivity index (χ4n) is 4.83. The molecule has 0 bridgehead atoms. The zero-order chi connectivity index (χ0) is 22.6. The molecule has 2 fully saturated rings. The summed E-state index contributed by atoms with van der Waals surface area (Å²) in [6, 6.07) is 13.6. The predicted octanol–water partition coefficient (Wildman–Crippen LogP) is 3.53. The van der Waals surface area contributed by atoms with Crippen LogP contribution in [0.1, 0.15) is 48.0 Å². The van der Waals surface area contributed by atoms with Crippen molar-refractivity contribution >= 4 is 11.8 Å². The number of nitrogens with zero attached hydrogens (tertiary/aromatic N) is 3. The molecule has 2 saturated heterocycles. The Morgan fingerprint density at radius 2 is 1.69 bits per heavy atom. The van der Waals surface area contributed by atoms with Crippen LogP contribution in [0.4, 0.5) is 0 Å². The molecule has 7 heteroatoms. The molecule has 1 aromatic carbocycles. The van der Waals surface area contributed by atoms with Crippen LogP contribution >= 0.6 is 0 Å². The second-order valence-corrected chi connectivity index (χ2v) is 8.75. The zero-order valence-corrected chi connectivity index (χ0v) is 18.9. The lowest BCUT2D eigenvalue weighted by Gasteiger charge is -2.41. The molecule has 0 N–H and O–H groups in total. The Kier molecular flexibility index (Phi) is 6.63. The fraction of sp³-hybridized carbons (Fsp3) is 0.480. The van der Waals surface area contributed by atoms with Crippen molar-refractivity contribution < 1.29 is 19.1 Å². The van der Waals surface area contributed by atoms with Crippen molar-refractivity contribution in [3.05, 3.63) is 53.6 Å². The van der Waals surface area contributed by atoms with Crippen molar-refractivity contribution in [2.45, 2.75) is 38.6 Å². The van der Waals surface area contributed by atoms with E-state index in [0.717, 1.165) is 32.2 Å². The van der Waals surface area contributed by atoms with Crippen LogP contribution in [0.3, 0.4) is 0 Å². The number of hydrogen-bond donors (Lipinski definition) is 0. The van der Waals surface area contributed by atoms with Gasteiger partial charge in [0.25, 0.3) is 5.91 Å². The van der Waals surface area contributed by atoms with Gasteiger partial charge in [0.15, 0.2) is 0 Å². The molecule has 0 aliphatic carbocycles. The number of carbonyl (C=O) groups excluding carboxylic acids is 2. The van der Waals surface area contributed by atoms with E-state index in [2.05, 4.69) is 17.1 Å². The number of aromatic nitrogens is 1. The monoisotopic (exact) mass is 437 g/mol. The second-order valence-electron chi connectivity index (χ2n) is 8.75. The number of benzene rings is 1. The van der Waals surface area contributed by atoms with Gasteiger partial charge in [-0.15, -0.1) is 0 Å². The Balaban J connectivity index is 1.38. The van der Waals surface area contributed by atoms with Crippen LogP contribution < -0.4 is 9.47 Å². The van der Waals surface area contributed by atoms with Crippen molar-refractivity contribution in [3.63, 3.8) is 0 Å². The van der Waals surface area contributed by atoms with E-state index < -0.39 is 0 Å². The minimum atomic E-state index is -0.0674. The molecule has 1 aromatic heterocycles. The first-order chi connectivity index (χ1) is 15.5. The molecule has 7 nitrogen and oxygen atoms in total. The fourth-order valence-corrected chi connectivity index (χ4v) is 4.83. The number of carbonyl (C=O) groups is 2. The van der Waals surface area contributed by atoms with Crippen LogP contribution in [-0.2, 0) is 11.3 Å². The lowest BCUT2D eigenvalue weighted by atomic mass is 9.73. The largest absolute Gasteiger partial charge is 0.481 e. The summed E-state index contributed by atoms with van der Waals surface area (Å²) < 4.78 is 10.4. The van der Waals surface area contributed by atoms with Gasteiger partial charge in [-0.2, -0.15) is 4.98 Å². The molecule has 0 saturated carbocycles. The summed E-state index contributed by atoms with van der Waals surface area (Å²) in [5.74, 6) is 0.867. The molecule has 2 aromatic rings. The van der Waals surface area contributed by atoms with Crippen molar-refractivity contribution in [2.24, 2.45) is 5.41 Å². The van der Waals surface area contributed by atoms with Gasteiger partial charge < -0.3 is 19.3 Å². The van der Waals surface area contributed by atoms with Gasteiger partial charge in [0.05, 0.1) is 14.2 Å². The molecule has 3 heterocycles. The van der Waals surface area contributed by atoms with Crippen LogP contribution in [0.25, 0.3) is 0 Å². The Labute approximate surface area is 189 Å². The Hall–Kier alpha value is -3.09. The molecule has 32 heavy (non-hydrogen) atoms. The lowest BCUT2D eigenvalue weighted by Crippen LogP contribution is -2.43. The molecule has 2 aliphatic heterocycles. The Morgan fingerprint density at radius 1 is 0.969 bits per heavy atom. The van der Waals surface area contributed by atoms with Gasteiger partial charge in [-0.3, -0.25) is 9.59 Å². The van der Waals surface area contributed by atoms with E-state index in [9.17, 15) is 9.59 Å². The van der Waals surface area contributed by atoms with Crippen molar-refractivity contribution in [3.8, 4) is 11.8 Å². The van der Waals surface area contributed by atoms with Crippen LogP contribution in [0, 0.1) is 5.41 Å². The molecule has 2 aliphatic rings. The van der Waals surface area contributed by atoms with Crippen LogP contribution in [-0.4, -0.2) is 60.5 Å². The van der Waals surface area contributed by atoms with E-state index in [1.165, 1.54) is 19.8 Å². The van der Waals surface area contributed by atoms with Crippen LogP contribution in [0.15, 0.2) is 42.5 Å². The quantitative estimate of drug-likeness (QED) is 0.716. The highest BCUT2D eigenvalue weighted by atomic mass is 16.5. The summed E-state index contributed by atoms with van der Waals surface area (Å²) in [6.45, 7) is 2.81. The van der Waals surface area contributed by atoms with E-state index in [1.807, 2.05) is 28.0 Å². The van der Waals surface area contributed by atoms with Crippen LogP contribution in [0.2, 0.25) is 0 Å². The SMILES string of the molecule is COc1ccc(C(=O)N2CCC3(CCC(=O)N(Cc4ccccc4)CC3)CC2)c(OC)n1. The highest BCUT2D eigenvalue weighted by Gasteiger charge is 2.39. The molecule has 2 amide bonds. The first-order valence-corrected chi connectivity index (χ1v) is 11.2. The van der Waals surface area contributed by atoms with Gasteiger partial charge in [0.1, 0.15) is 5.56 Å². The average molecular weight is 438 g/mol. The third kappa shape index (κ3) is 4.71. The minimum Gasteiger partial charge on any atom is -0.481 e. The van der Waals surface area contributed by atoms with Gasteiger partial charge >= 0.3 is 0 Å². The van der Waals surface area contributed by atoms with Gasteiger partial charge in [-0.1, -0.05) is 30.3 Å². The number of likely N-dealkylation sites (tertiary alicyclic amines) is 2. The summed E-state index contributed by atoms with van der Waals surface area (Å²) >= 11 is 0.